The van der Waals surface area contributed by atoms with Crippen molar-refractivity contribution in [2.24, 2.45) is 0 Å². The molecule has 0 aromatic heterocycles. The third-order valence-corrected chi connectivity index (χ3v) is 4.13. The molecule has 0 radical (unpaired) electrons. The molecule has 2 saturated heterocycles. The zero-order valence-electron chi connectivity index (χ0n) is 12.8. The van der Waals surface area contributed by atoms with Crippen LogP contribution in [0, 0.1) is 0 Å². The zero-order chi connectivity index (χ0) is 14.2. The molecule has 2 aliphatic rings. The number of carbonyl (C=O) groups is 1. The number of amides is 1. The van der Waals surface area contributed by atoms with Gasteiger partial charge >= 0.3 is 0 Å². The van der Waals surface area contributed by atoms with Gasteiger partial charge in [0.25, 0.3) is 0 Å². The van der Waals surface area contributed by atoms with Gasteiger partial charge in [0.15, 0.2) is 0 Å². The first-order valence-electron chi connectivity index (χ1n) is 8.12. The number of hydrogen-bond donors (Lipinski definition) is 1. The van der Waals surface area contributed by atoms with E-state index < -0.39 is 0 Å². The summed E-state index contributed by atoms with van der Waals surface area (Å²) in [4.78, 5) is 16.5. The molecule has 0 aromatic carbocycles. The van der Waals surface area contributed by atoms with Crippen LogP contribution in [0.15, 0.2) is 0 Å². The molecule has 1 atom stereocenters. The van der Waals surface area contributed by atoms with E-state index in [1.807, 2.05) is 4.90 Å². The standard InChI is InChI=1S/C15H29N3O2/c1-2-12-20-14-4-3-8-17(13-14)9-5-15(19)18-10-6-16-7-11-18/h14,16H,2-13H2,1H3. The molecule has 2 aliphatic heterocycles. The summed E-state index contributed by atoms with van der Waals surface area (Å²) >= 11 is 0. The van der Waals surface area contributed by atoms with E-state index >= 15 is 0 Å². The fourth-order valence-corrected chi connectivity index (χ4v) is 2.96. The molecule has 2 rings (SSSR count). The predicted molar refractivity (Wildman–Crippen MR) is 79.8 cm³/mol. The number of nitrogens with one attached hydrogen (secondary N) is 1. The van der Waals surface area contributed by atoms with Gasteiger partial charge in [-0.3, -0.25) is 4.79 Å². The Balaban J connectivity index is 1.66. The van der Waals surface area contributed by atoms with Crippen molar-refractivity contribution >= 4 is 5.91 Å². The van der Waals surface area contributed by atoms with Gasteiger partial charge in [-0.15, -0.1) is 0 Å². The van der Waals surface area contributed by atoms with Crippen molar-refractivity contribution in [1.29, 1.82) is 0 Å². The second kappa shape index (κ2) is 8.60. The smallest absolute Gasteiger partial charge is 0.223 e. The van der Waals surface area contributed by atoms with E-state index in [1.165, 1.54) is 12.8 Å². The van der Waals surface area contributed by atoms with Gasteiger partial charge in [0.05, 0.1) is 6.10 Å². The normalized spacial score (nSPS) is 24.9. The summed E-state index contributed by atoms with van der Waals surface area (Å²) < 4.78 is 5.84. The number of rotatable bonds is 6. The summed E-state index contributed by atoms with van der Waals surface area (Å²) in [5, 5.41) is 3.28. The Morgan fingerprint density at radius 1 is 1.30 bits per heavy atom. The molecule has 1 N–H and O–H groups in total. The Morgan fingerprint density at radius 2 is 2.10 bits per heavy atom. The summed E-state index contributed by atoms with van der Waals surface area (Å²) in [5.74, 6) is 0.308. The van der Waals surface area contributed by atoms with Gasteiger partial charge in [-0.05, 0) is 25.8 Å². The van der Waals surface area contributed by atoms with Crippen LogP contribution < -0.4 is 5.32 Å². The molecule has 2 heterocycles. The molecule has 116 valence electrons. The van der Waals surface area contributed by atoms with Gasteiger partial charge < -0.3 is 19.9 Å². The van der Waals surface area contributed by atoms with E-state index in [4.69, 9.17) is 4.74 Å². The molecule has 5 heteroatoms. The van der Waals surface area contributed by atoms with Gasteiger partial charge in [-0.2, -0.15) is 0 Å². The molecule has 1 amide bonds. The number of likely N-dealkylation sites (tertiary alicyclic amines) is 1. The number of ether oxygens (including phenoxy) is 1. The molecule has 0 spiro atoms. The zero-order valence-corrected chi connectivity index (χ0v) is 12.8. The first-order chi connectivity index (χ1) is 9.79. The maximum absolute atomic E-state index is 12.1. The lowest BCUT2D eigenvalue weighted by atomic mass is 10.1. The van der Waals surface area contributed by atoms with Crippen LogP contribution in [-0.2, 0) is 9.53 Å². The van der Waals surface area contributed by atoms with Crippen molar-refractivity contribution in [2.75, 3.05) is 52.4 Å². The van der Waals surface area contributed by atoms with Gasteiger partial charge in [-0.1, -0.05) is 6.92 Å². The minimum Gasteiger partial charge on any atom is -0.377 e. The largest absolute Gasteiger partial charge is 0.377 e. The van der Waals surface area contributed by atoms with Crippen molar-refractivity contribution in [1.82, 2.24) is 15.1 Å². The first kappa shape index (κ1) is 15.7. The Hall–Kier alpha value is -0.650. The quantitative estimate of drug-likeness (QED) is 0.779. The summed E-state index contributed by atoms with van der Waals surface area (Å²) in [7, 11) is 0. The molecular weight excluding hydrogens is 254 g/mol. The van der Waals surface area contributed by atoms with E-state index in [0.717, 1.165) is 58.8 Å². The highest BCUT2D eigenvalue weighted by Crippen LogP contribution is 2.14. The van der Waals surface area contributed by atoms with Gasteiger partial charge in [0.1, 0.15) is 0 Å². The Bertz CT molecular complexity index is 293. The van der Waals surface area contributed by atoms with Crippen LogP contribution in [0.1, 0.15) is 32.6 Å². The minimum atomic E-state index is 0.308. The van der Waals surface area contributed by atoms with Crippen LogP contribution >= 0.6 is 0 Å². The lowest BCUT2D eigenvalue weighted by Crippen LogP contribution is -2.47. The van der Waals surface area contributed by atoms with Crippen molar-refractivity contribution in [2.45, 2.75) is 38.7 Å². The monoisotopic (exact) mass is 283 g/mol. The first-order valence-corrected chi connectivity index (χ1v) is 8.12. The van der Waals surface area contributed by atoms with E-state index in [-0.39, 0.29) is 0 Å². The lowest BCUT2D eigenvalue weighted by Gasteiger charge is -2.33. The molecule has 0 bridgehead atoms. The Kier molecular flexibility index (Phi) is 6.76. The minimum absolute atomic E-state index is 0.308. The average molecular weight is 283 g/mol. The molecule has 1 unspecified atom stereocenters. The second-order valence-electron chi connectivity index (χ2n) is 5.82. The van der Waals surface area contributed by atoms with Crippen LogP contribution in [0.5, 0.6) is 0 Å². The predicted octanol–water partition coefficient (Wildman–Crippen LogP) is 0.699. The molecule has 2 fully saturated rings. The van der Waals surface area contributed by atoms with E-state index in [0.29, 0.717) is 18.4 Å². The SMILES string of the molecule is CCCOC1CCCN(CCC(=O)N2CCNCC2)C1. The molecule has 20 heavy (non-hydrogen) atoms. The van der Waals surface area contributed by atoms with Crippen molar-refractivity contribution < 1.29 is 9.53 Å². The van der Waals surface area contributed by atoms with Gasteiger partial charge in [-0.25, -0.2) is 0 Å². The van der Waals surface area contributed by atoms with E-state index in [9.17, 15) is 4.79 Å². The second-order valence-corrected chi connectivity index (χ2v) is 5.82. The van der Waals surface area contributed by atoms with Crippen LogP contribution in [0.25, 0.3) is 0 Å². The lowest BCUT2D eigenvalue weighted by molar-refractivity contribution is -0.132. The maximum Gasteiger partial charge on any atom is 0.223 e. The van der Waals surface area contributed by atoms with Crippen LogP contribution in [0.2, 0.25) is 0 Å². The molecule has 0 saturated carbocycles. The fourth-order valence-electron chi connectivity index (χ4n) is 2.96. The third-order valence-electron chi connectivity index (χ3n) is 4.13. The van der Waals surface area contributed by atoms with Gasteiger partial charge in [0, 0.05) is 52.3 Å². The molecular formula is C15H29N3O2. The van der Waals surface area contributed by atoms with Crippen molar-refractivity contribution in [3.8, 4) is 0 Å². The van der Waals surface area contributed by atoms with Crippen LogP contribution in [-0.4, -0.2) is 74.2 Å². The van der Waals surface area contributed by atoms with Crippen molar-refractivity contribution in [3.05, 3.63) is 0 Å². The van der Waals surface area contributed by atoms with Crippen LogP contribution in [0.3, 0.4) is 0 Å². The molecule has 0 aromatic rings. The Labute approximate surface area is 122 Å². The topological polar surface area (TPSA) is 44.8 Å². The highest BCUT2D eigenvalue weighted by atomic mass is 16.5. The number of piperidine rings is 1. The number of hydrogen-bond acceptors (Lipinski definition) is 4. The summed E-state index contributed by atoms with van der Waals surface area (Å²) in [5.41, 5.74) is 0. The summed E-state index contributed by atoms with van der Waals surface area (Å²) in [6.45, 7) is 9.59. The maximum atomic E-state index is 12.1. The van der Waals surface area contributed by atoms with Gasteiger partial charge in [0.2, 0.25) is 5.91 Å². The number of carbonyl (C=O) groups excluding carboxylic acids is 1. The Morgan fingerprint density at radius 3 is 2.85 bits per heavy atom. The highest BCUT2D eigenvalue weighted by Gasteiger charge is 2.22. The molecule has 5 nitrogen and oxygen atoms in total. The molecule has 0 aliphatic carbocycles. The van der Waals surface area contributed by atoms with Crippen LogP contribution in [0.4, 0.5) is 0 Å². The van der Waals surface area contributed by atoms with Crippen molar-refractivity contribution in [3.63, 3.8) is 0 Å². The number of piperazine rings is 1. The summed E-state index contributed by atoms with van der Waals surface area (Å²) in [6.07, 6.45) is 4.47. The van der Waals surface area contributed by atoms with E-state index in [1.54, 1.807) is 0 Å². The fraction of sp³-hybridized carbons (Fsp3) is 0.933. The average Bonchev–Trinajstić information content (AvgIpc) is 2.52. The number of nitrogens with zero attached hydrogens (tertiary/aromatic N) is 2. The summed E-state index contributed by atoms with van der Waals surface area (Å²) in [6, 6.07) is 0. The highest BCUT2D eigenvalue weighted by molar-refractivity contribution is 5.76. The third kappa shape index (κ3) is 5.04. The van der Waals surface area contributed by atoms with E-state index in [2.05, 4.69) is 17.1 Å².